The van der Waals surface area contributed by atoms with Crippen molar-refractivity contribution in [2.45, 2.75) is 57.7 Å². The highest BCUT2D eigenvalue weighted by molar-refractivity contribution is 7.91. The van der Waals surface area contributed by atoms with Gasteiger partial charge >= 0.3 is 0 Å². The quantitative estimate of drug-likeness (QED) is 0.289. The van der Waals surface area contributed by atoms with Gasteiger partial charge in [-0.15, -0.1) is 0 Å². The standard InChI is InChI=1S/C23H33NO2SSi/c1-22(2,3)27(25)24-18-13-19-26-28(23(4,5)6,20-14-9-7-10-15-20)21-16-11-8-12-17-21/h7-12,14-18H,13,19H2,1-6H3/b24-18+. The molecule has 0 radical (unpaired) electrons. The second kappa shape index (κ2) is 9.40. The largest absolute Gasteiger partial charge is 0.591 e. The summed E-state index contributed by atoms with van der Waals surface area (Å²) in [7, 11) is -2.50. The molecule has 1 atom stereocenters. The first kappa shape index (κ1) is 22.9. The van der Waals surface area contributed by atoms with Gasteiger partial charge in [-0.3, -0.25) is 0 Å². The van der Waals surface area contributed by atoms with E-state index in [0.29, 0.717) is 13.0 Å². The maximum atomic E-state index is 12.1. The molecule has 0 spiro atoms. The molecule has 0 N–H and O–H groups in total. The summed E-state index contributed by atoms with van der Waals surface area (Å²) in [5.41, 5.74) is 0. The molecule has 0 amide bonds. The van der Waals surface area contributed by atoms with Crippen LogP contribution in [0.25, 0.3) is 0 Å². The molecule has 0 aliphatic heterocycles. The van der Waals surface area contributed by atoms with Crippen molar-refractivity contribution < 1.29 is 8.98 Å². The van der Waals surface area contributed by atoms with E-state index in [9.17, 15) is 4.55 Å². The summed E-state index contributed by atoms with van der Waals surface area (Å²) in [6.07, 6.45) is 2.39. The minimum atomic E-state index is -2.50. The minimum absolute atomic E-state index is 0.0406. The molecule has 3 nitrogen and oxygen atoms in total. The molecule has 0 heterocycles. The molecule has 0 saturated carbocycles. The van der Waals surface area contributed by atoms with Gasteiger partial charge in [-0.05, 0) is 36.2 Å². The van der Waals surface area contributed by atoms with Gasteiger partial charge in [0.05, 0.1) is 6.21 Å². The fraction of sp³-hybridized carbons (Fsp3) is 0.435. The van der Waals surface area contributed by atoms with Gasteiger partial charge in [0.15, 0.2) is 0 Å². The molecular formula is C23H33NO2SSi. The van der Waals surface area contributed by atoms with Crippen LogP contribution in [0.3, 0.4) is 0 Å². The zero-order valence-corrected chi connectivity index (χ0v) is 19.8. The Balaban J connectivity index is 2.31. The van der Waals surface area contributed by atoms with Gasteiger partial charge in [-0.1, -0.05) is 85.8 Å². The molecule has 0 aromatic heterocycles. The van der Waals surface area contributed by atoms with E-state index in [-0.39, 0.29) is 9.79 Å². The van der Waals surface area contributed by atoms with E-state index < -0.39 is 19.7 Å². The molecule has 2 rings (SSSR count). The van der Waals surface area contributed by atoms with Crippen molar-refractivity contribution in [3.8, 4) is 0 Å². The first-order valence-electron chi connectivity index (χ1n) is 9.78. The van der Waals surface area contributed by atoms with Crippen molar-refractivity contribution in [3.05, 3.63) is 60.7 Å². The average molecular weight is 416 g/mol. The Morgan fingerprint density at radius 3 is 1.75 bits per heavy atom. The topological polar surface area (TPSA) is 44.7 Å². The Morgan fingerprint density at radius 1 is 0.893 bits per heavy atom. The summed E-state index contributed by atoms with van der Waals surface area (Å²) in [5, 5.41) is 2.49. The van der Waals surface area contributed by atoms with Crippen LogP contribution < -0.4 is 10.4 Å². The molecule has 152 valence electrons. The van der Waals surface area contributed by atoms with E-state index in [4.69, 9.17) is 4.43 Å². The van der Waals surface area contributed by atoms with Gasteiger partial charge in [0.1, 0.15) is 16.1 Å². The van der Waals surface area contributed by atoms with E-state index in [1.165, 1.54) is 10.4 Å². The third-order valence-electron chi connectivity index (χ3n) is 4.68. The molecule has 0 fully saturated rings. The van der Waals surface area contributed by atoms with Crippen LogP contribution in [0.15, 0.2) is 65.1 Å². The van der Waals surface area contributed by atoms with Crippen molar-refractivity contribution in [1.29, 1.82) is 0 Å². The highest BCUT2D eigenvalue weighted by atomic mass is 32.2. The molecular weight excluding hydrogens is 382 g/mol. The van der Waals surface area contributed by atoms with Gasteiger partial charge < -0.3 is 8.98 Å². The lowest BCUT2D eigenvalue weighted by Gasteiger charge is -2.43. The molecule has 2 aromatic rings. The predicted octanol–water partition coefficient (Wildman–Crippen LogP) is 4.49. The van der Waals surface area contributed by atoms with Crippen molar-refractivity contribution >= 4 is 36.3 Å². The Hall–Kier alpha value is -1.40. The Kier molecular flexibility index (Phi) is 7.68. The van der Waals surface area contributed by atoms with E-state index >= 15 is 0 Å². The third kappa shape index (κ3) is 5.35. The normalized spacial score (nSPS) is 14.4. The highest BCUT2D eigenvalue weighted by Crippen LogP contribution is 2.36. The zero-order chi connectivity index (χ0) is 20.8. The molecule has 2 aromatic carbocycles. The first-order chi connectivity index (χ1) is 13.1. The SMILES string of the molecule is CC(C)(C)[S+]([O-])/N=C/CCO[Si](c1ccccc1)(c1ccccc1)C(C)(C)C. The van der Waals surface area contributed by atoms with Crippen LogP contribution in [0, 0.1) is 0 Å². The Bertz CT molecular complexity index is 712. The van der Waals surface area contributed by atoms with Crippen LogP contribution in [0.4, 0.5) is 0 Å². The van der Waals surface area contributed by atoms with Crippen molar-refractivity contribution in [1.82, 2.24) is 0 Å². The summed E-state index contributed by atoms with van der Waals surface area (Å²) < 4.78 is 22.8. The second-order valence-electron chi connectivity index (χ2n) is 8.95. The van der Waals surface area contributed by atoms with Crippen LogP contribution in [0.2, 0.25) is 5.04 Å². The smallest absolute Gasteiger partial charge is 0.261 e. The van der Waals surface area contributed by atoms with Crippen LogP contribution >= 0.6 is 0 Å². The second-order valence-corrected chi connectivity index (χ2v) is 15.2. The fourth-order valence-electron chi connectivity index (χ4n) is 3.30. The van der Waals surface area contributed by atoms with E-state index in [2.05, 4.69) is 73.7 Å². The molecule has 0 aliphatic rings. The van der Waals surface area contributed by atoms with Gasteiger partial charge in [0, 0.05) is 13.0 Å². The summed E-state index contributed by atoms with van der Waals surface area (Å²) in [6, 6.07) is 21.2. The summed E-state index contributed by atoms with van der Waals surface area (Å²) in [4.78, 5) is 0. The molecule has 0 bridgehead atoms. The van der Waals surface area contributed by atoms with Crippen molar-refractivity contribution in [2.24, 2.45) is 4.40 Å². The van der Waals surface area contributed by atoms with E-state index in [1.807, 2.05) is 32.9 Å². The lowest BCUT2D eigenvalue weighted by atomic mass is 10.2. The molecule has 0 saturated heterocycles. The van der Waals surface area contributed by atoms with E-state index in [1.54, 1.807) is 6.21 Å². The first-order valence-corrected chi connectivity index (χ1v) is 12.8. The van der Waals surface area contributed by atoms with Crippen LogP contribution in [0.5, 0.6) is 0 Å². The van der Waals surface area contributed by atoms with Gasteiger partial charge in [-0.2, -0.15) is 0 Å². The summed E-state index contributed by atoms with van der Waals surface area (Å²) in [6.45, 7) is 13.1. The van der Waals surface area contributed by atoms with Crippen molar-refractivity contribution in [3.63, 3.8) is 0 Å². The summed E-state index contributed by atoms with van der Waals surface area (Å²) in [5.74, 6) is 0. The summed E-state index contributed by atoms with van der Waals surface area (Å²) >= 11 is -1.23. The lowest BCUT2D eigenvalue weighted by Crippen LogP contribution is -2.66. The number of benzene rings is 2. The van der Waals surface area contributed by atoms with Gasteiger partial charge in [0.2, 0.25) is 0 Å². The predicted molar refractivity (Wildman–Crippen MR) is 125 cm³/mol. The van der Waals surface area contributed by atoms with E-state index in [0.717, 1.165) is 0 Å². The fourth-order valence-corrected chi connectivity index (χ4v) is 8.44. The average Bonchev–Trinajstić information content (AvgIpc) is 2.64. The molecule has 0 aliphatic carbocycles. The monoisotopic (exact) mass is 415 g/mol. The number of hydrogen-bond donors (Lipinski definition) is 0. The van der Waals surface area contributed by atoms with Crippen LogP contribution in [0.1, 0.15) is 48.0 Å². The Labute approximate surface area is 174 Å². The van der Waals surface area contributed by atoms with Crippen LogP contribution in [-0.2, 0) is 15.8 Å². The maximum Gasteiger partial charge on any atom is 0.261 e. The number of rotatable bonds is 7. The molecule has 5 heteroatoms. The van der Waals surface area contributed by atoms with Gasteiger partial charge in [0.25, 0.3) is 8.32 Å². The third-order valence-corrected chi connectivity index (χ3v) is 11.1. The van der Waals surface area contributed by atoms with Crippen LogP contribution in [-0.4, -0.2) is 30.4 Å². The number of hydrogen-bond acceptors (Lipinski definition) is 3. The number of nitrogens with zero attached hydrogens (tertiary/aromatic N) is 1. The van der Waals surface area contributed by atoms with Gasteiger partial charge in [-0.25, -0.2) is 0 Å². The highest BCUT2D eigenvalue weighted by Gasteiger charge is 2.49. The Morgan fingerprint density at radius 2 is 1.36 bits per heavy atom. The molecule has 1 unspecified atom stereocenters. The minimum Gasteiger partial charge on any atom is -0.591 e. The lowest BCUT2D eigenvalue weighted by molar-refractivity contribution is 0.309. The van der Waals surface area contributed by atoms with Crippen molar-refractivity contribution in [2.75, 3.05) is 6.61 Å². The molecule has 28 heavy (non-hydrogen) atoms. The zero-order valence-electron chi connectivity index (χ0n) is 17.9. The maximum absolute atomic E-state index is 12.1.